The molecule has 0 spiro atoms. The average molecular weight is 370 g/mol. The minimum atomic E-state index is -0.517. The number of amides is 2. The molecule has 0 saturated carbocycles. The van der Waals surface area contributed by atoms with E-state index in [9.17, 15) is 14.4 Å². The molecule has 0 radical (unpaired) electrons. The molecule has 3 heterocycles. The van der Waals surface area contributed by atoms with E-state index >= 15 is 0 Å². The van der Waals surface area contributed by atoms with Crippen LogP contribution < -0.4 is 20.9 Å². The third-order valence-corrected chi connectivity index (χ3v) is 3.86. The Hall–Kier alpha value is -3.73. The van der Waals surface area contributed by atoms with E-state index in [1.54, 1.807) is 18.2 Å². The number of fused-ring (bicyclic) bond motifs is 2. The summed E-state index contributed by atoms with van der Waals surface area (Å²) in [7, 11) is 0. The smallest absolute Gasteiger partial charge is 0.278 e. The van der Waals surface area contributed by atoms with Crippen LogP contribution in [0.25, 0.3) is 11.2 Å². The summed E-state index contributed by atoms with van der Waals surface area (Å²) in [5, 5.41) is 14.2. The zero-order chi connectivity index (χ0) is 19.0. The van der Waals surface area contributed by atoms with Gasteiger partial charge in [0.15, 0.2) is 17.8 Å². The van der Waals surface area contributed by atoms with Gasteiger partial charge in [-0.05, 0) is 17.7 Å². The van der Waals surface area contributed by atoms with Crippen LogP contribution in [-0.2, 0) is 22.6 Å². The van der Waals surface area contributed by atoms with Gasteiger partial charge in [0.2, 0.25) is 11.9 Å². The number of aliphatic hydroxyl groups is 1. The molecule has 2 aromatic heterocycles. The molecule has 0 atom stereocenters. The summed E-state index contributed by atoms with van der Waals surface area (Å²) in [6.07, 6.45) is -0.00659. The maximum atomic E-state index is 12.3. The lowest BCUT2D eigenvalue weighted by Crippen LogP contribution is -2.25. The lowest BCUT2D eigenvalue weighted by molar-refractivity contribution is -0.118. The van der Waals surface area contributed by atoms with Crippen LogP contribution in [0.5, 0.6) is 5.75 Å². The van der Waals surface area contributed by atoms with Crippen molar-refractivity contribution in [3.8, 4) is 5.75 Å². The maximum absolute atomic E-state index is 12.3. The first-order chi connectivity index (χ1) is 13.0. The third-order valence-electron chi connectivity index (χ3n) is 3.86. The van der Waals surface area contributed by atoms with Gasteiger partial charge in [-0.15, -0.1) is 0 Å². The second kappa shape index (κ2) is 6.53. The quantitative estimate of drug-likeness (QED) is 0.419. The zero-order valence-corrected chi connectivity index (χ0v) is 13.8. The highest BCUT2D eigenvalue weighted by Crippen LogP contribution is 2.28. The Labute approximate surface area is 150 Å². The number of hydrogen-bond acceptors (Lipinski definition) is 7. The minimum absolute atomic E-state index is 0.00659. The van der Waals surface area contributed by atoms with Crippen molar-refractivity contribution in [1.29, 1.82) is 0 Å². The van der Waals surface area contributed by atoms with Crippen molar-refractivity contribution >= 4 is 34.6 Å². The van der Waals surface area contributed by atoms with Gasteiger partial charge in [0.1, 0.15) is 18.2 Å². The number of carbonyl (C=O) groups is 2. The summed E-state index contributed by atoms with van der Waals surface area (Å²) < 4.78 is 5.27. The zero-order valence-electron chi connectivity index (χ0n) is 13.8. The van der Waals surface area contributed by atoms with Gasteiger partial charge in [-0.2, -0.15) is 4.98 Å². The van der Waals surface area contributed by atoms with Gasteiger partial charge in [-0.1, -0.05) is 6.07 Å². The molecule has 1 aromatic carbocycles. The van der Waals surface area contributed by atoms with Gasteiger partial charge >= 0.3 is 0 Å². The predicted molar refractivity (Wildman–Crippen MR) is 93.3 cm³/mol. The number of anilines is 2. The molecule has 11 heteroatoms. The first-order valence-electron chi connectivity index (χ1n) is 7.97. The molecule has 3 aromatic rings. The maximum Gasteiger partial charge on any atom is 0.278 e. The number of carbonyl (C=O) groups excluding carboxylic acids is 2. The molecule has 11 nitrogen and oxygen atoms in total. The highest BCUT2D eigenvalue weighted by Gasteiger charge is 2.17. The number of hydrogen-bond donors (Lipinski definition) is 5. The van der Waals surface area contributed by atoms with E-state index < -0.39 is 11.5 Å². The highest BCUT2D eigenvalue weighted by molar-refractivity contribution is 5.96. The second-order valence-electron chi connectivity index (χ2n) is 5.85. The number of aromatic amines is 2. The number of imidazole rings is 1. The van der Waals surface area contributed by atoms with Gasteiger partial charge in [0.25, 0.3) is 11.5 Å². The Balaban J connectivity index is 1.51. The van der Waals surface area contributed by atoms with Gasteiger partial charge in [-0.25, -0.2) is 4.98 Å². The Bertz CT molecular complexity index is 1120. The molecule has 27 heavy (non-hydrogen) atoms. The molecule has 0 saturated heterocycles. The van der Waals surface area contributed by atoms with Gasteiger partial charge in [-0.3, -0.25) is 24.7 Å². The summed E-state index contributed by atoms with van der Waals surface area (Å²) in [4.78, 5) is 48.7. The van der Waals surface area contributed by atoms with Crippen LogP contribution in [-0.4, -0.2) is 43.5 Å². The summed E-state index contributed by atoms with van der Waals surface area (Å²) in [6, 6.07) is 5.02. The number of nitrogens with zero attached hydrogens (tertiary/aromatic N) is 2. The number of H-pyrrole nitrogens is 2. The van der Waals surface area contributed by atoms with Crippen molar-refractivity contribution in [3.05, 3.63) is 39.9 Å². The summed E-state index contributed by atoms with van der Waals surface area (Å²) in [6.45, 7) is -0.407. The predicted octanol–water partition coefficient (Wildman–Crippen LogP) is -0.349. The van der Waals surface area contributed by atoms with E-state index in [1.165, 1.54) is 0 Å². The monoisotopic (exact) mass is 370 g/mol. The molecule has 0 unspecified atom stereocenters. The van der Waals surface area contributed by atoms with Crippen molar-refractivity contribution in [1.82, 2.24) is 19.9 Å². The van der Waals surface area contributed by atoms with Crippen LogP contribution in [0, 0.1) is 0 Å². The van der Waals surface area contributed by atoms with Crippen molar-refractivity contribution in [3.63, 3.8) is 0 Å². The van der Waals surface area contributed by atoms with E-state index in [2.05, 4.69) is 30.6 Å². The first kappa shape index (κ1) is 16.7. The van der Waals surface area contributed by atoms with E-state index in [4.69, 9.17) is 9.84 Å². The fourth-order valence-electron chi connectivity index (χ4n) is 2.69. The van der Waals surface area contributed by atoms with Gasteiger partial charge in [0.05, 0.1) is 12.1 Å². The molecular weight excluding hydrogens is 356 g/mol. The Morgan fingerprint density at radius 3 is 2.93 bits per heavy atom. The molecule has 4 rings (SSSR count). The molecule has 2 amide bonds. The fourth-order valence-corrected chi connectivity index (χ4v) is 2.69. The molecule has 5 N–H and O–H groups in total. The standard InChI is InChI=1S/C16H14N6O5/c23-5-10-18-13-14(19-10)21-16(22-15(13)26)20-11(24)4-7-1-2-9-8(3-7)17-12(25)6-27-9/h1-3,23H,4-6H2,(H,17,25)(H3,18,19,20,21,22,24,26). The second-order valence-corrected chi connectivity index (χ2v) is 5.85. The van der Waals surface area contributed by atoms with Crippen LogP contribution in [0.4, 0.5) is 11.6 Å². The number of aromatic nitrogens is 4. The molecule has 0 aliphatic carbocycles. The van der Waals surface area contributed by atoms with Crippen LogP contribution in [0.1, 0.15) is 11.4 Å². The lowest BCUT2D eigenvalue weighted by Gasteiger charge is -2.18. The van der Waals surface area contributed by atoms with Crippen LogP contribution in [0.3, 0.4) is 0 Å². The number of rotatable bonds is 4. The van der Waals surface area contributed by atoms with Crippen LogP contribution >= 0.6 is 0 Å². The summed E-state index contributed by atoms with van der Waals surface area (Å²) >= 11 is 0. The molecule has 138 valence electrons. The summed E-state index contributed by atoms with van der Waals surface area (Å²) in [5.74, 6) is 0.000154. The van der Waals surface area contributed by atoms with Crippen LogP contribution in [0.15, 0.2) is 23.0 Å². The topological polar surface area (TPSA) is 162 Å². The van der Waals surface area contributed by atoms with Crippen molar-refractivity contribution < 1.29 is 19.4 Å². The van der Waals surface area contributed by atoms with Crippen molar-refractivity contribution in [2.45, 2.75) is 13.0 Å². The Morgan fingerprint density at radius 2 is 2.11 bits per heavy atom. The number of aliphatic hydroxyl groups excluding tert-OH is 1. The Morgan fingerprint density at radius 1 is 1.26 bits per heavy atom. The van der Waals surface area contributed by atoms with E-state index in [0.717, 1.165) is 0 Å². The van der Waals surface area contributed by atoms with Crippen molar-refractivity contribution in [2.24, 2.45) is 0 Å². The van der Waals surface area contributed by atoms with Crippen molar-refractivity contribution in [2.75, 3.05) is 17.2 Å². The van der Waals surface area contributed by atoms with E-state index in [1.807, 2.05) is 0 Å². The molecule has 1 aliphatic heterocycles. The summed E-state index contributed by atoms with van der Waals surface area (Å²) in [5.41, 5.74) is 0.825. The minimum Gasteiger partial charge on any atom is -0.482 e. The third kappa shape index (κ3) is 3.35. The lowest BCUT2D eigenvalue weighted by atomic mass is 10.1. The Kier molecular flexibility index (Phi) is 4.05. The molecule has 0 fully saturated rings. The largest absolute Gasteiger partial charge is 0.482 e. The molecule has 1 aliphatic rings. The fraction of sp³-hybridized carbons (Fsp3) is 0.188. The number of ether oxygens (including phenoxy) is 1. The number of nitrogens with one attached hydrogen (secondary N) is 4. The average Bonchev–Trinajstić information content (AvgIpc) is 3.05. The first-order valence-corrected chi connectivity index (χ1v) is 7.97. The number of benzene rings is 1. The molecule has 0 bridgehead atoms. The van der Waals surface area contributed by atoms with Crippen LogP contribution in [0.2, 0.25) is 0 Å². The highest BCUT2D eigenvalue weighted by atomic mass is 16.5. The van der Waals surface area contributed by atoms with E-state index in [-0.39, 0.29) is 48.5 Å². The van der Waals surface area contributed by atoms with Gasteiger partial charge in [0, 0.05) is 0 Å². The molecular formula is C16H14N6O5. The SMILES string of the molecule is O=C(Cc1ccc2c(c1)NC(=O)CO2)Nc1nc2nc(CO)[nH]c2c(=O)[nH]1. The normalized spacial score (nSPS) is 13.0. The van der Waals surface area contributed by atoms with Gasteiger partial charge < -0.3 is 20.1 Å². The van der Waals surface area contributed by atoms with E-state index in [0.29, 0.717) is 17.0 Å².